The standard InChI is InChI=1S/C19H26N4O3S/c1-4-18-17(13-20-23(18)16-7-5-14(2)6-8-16)19(24)21-15-9-11-22(12-10-15)27(3,25)26/h5-8,13,15H,4,9-12H2,1-3H3,(H,21,24). The molecule has 0 radical (unpaired) electrons. The van der Waals surface area contributed by atoms with Crippen LogP contribution in [0.2, 0.25) is 0 Å². The van der Waals surface area contributed by atoms with Gasteiger partial charge in [0, 0.05) is 19.1 Å². The van der Waals surface area contributed by atoms with Gasteiger partial charge in [0.1, 0.15) is 0 Å². The van der Waals surface area contributed by atoms with E-state index >= 15 is 0 Å². The molecule has 0 atom stereocenters. The van der Waals surface area contributed by atoms with Crippen LogP contribution < -0.4 is 5.32 Å². The lowest BCUT2D eigenvalue weighted by Crippen LogP contribution is -2.46. The van der Waals surface area contributed by atoms with Gasteiger partial charge in [0.2, 0.25) is 10.0 Å². The molecule has 146 valence electrons. The topological polar surface area (TPSA) is 84.3 Å². The Morgan fingerprint density at radius 3 is 2.41 bits per heavy atom. The van der Waals surface area contributed by atoms with E-state index in [0.717, 1.165) is 11.4 Å². The fourth-order valence-corrected chi connectivity index (χ4v) is 4.28. The fraction of sp³-hybridized carbons (Fsp3) is 0.474. The number of nitrogens with one attached hydrogen (secondary N) is 1. The maximum Gasteiger partial charge on any atom is 0.254 e. The smallest absolute Gasteiger partial charge is 0.254 e. The van der Waals surface area contributed by atoms with Gasteiger partial charge in [0.25, 0.3) is 5.91 Å². The number of nitrogens with zero attached hydrogens (tertiary/aromatic N) is 3. The lowest BCUT2D eigenvalue weighted by atomic mass is 10.1. The highest BCUT2D eigenvalue weighted by atomic mass is 32.2. The lowest BCUT2D eigenvalue weighted by molar-refractivity contribution is 0.0923. The molecule has 0 aliphatic carbocycles. The number of aromatic nitrogens is 2. The monoisotopic (exact) mass is 390 g/mol. The second-order valence-electron chi connectivity index (χ2n) is 7.02. The number of rotatable bonds is 5. The van der Waals surface area contributed by atoms with Crippen molar-refractivity contribution in [2.45, 2.75) is 39.2 Å². The van der Waals surface area contributed by atoms with E-state index in [9.17, 15) is 13.2 Å². The van der Waals surface area contributed by atoms with Gasteiger partial charge in [-0.1, -0.05) is 24.6 Å². The number of hydrogen-bond donors (Lipinski definition) is 1. The van der Waals surface area contributed by atoms with Gasteiger partial charge in [-0.2, -0.15) is 5.10 Å². The molecule has 0 bridgehead atoms. The highest BCUT2D eigenvalue weighted by Gasteiger charge is 2.27. The summed E-state index contributed by atoms with van der Waals surface area (Å²) in [5.41, 5.74) is 3.54. The van der Waals surface area contributed by atoms with E-state index in [1.807, 2.05) is 38.1 Å². The number of sulfonamides is 1. The Morgan fingerprint density at radius 2 is 1.85 bits per heavy atom. The third kappa shape index (κ3) is 4.39. The minimum absolute atomic E-state index is 0.0251. The summed E-state index contributed by atoms with van der Waals surface area (Å²) < 4.78 is 26.5. The molecule has 1 fully saturated rings. The third-order valence-corrected chi connectivity index (χ3v) is 6.29. The van der Waals surface area contributed by atoms with Crippen LogP contribution in [0.1, 0.15) is 41.4 Å². The average molecular weight is 391 g/mol. The van der Waals surface area contributed by atoms with E-state index in [0.29, 0.717) is 37.9 Å². The number of amides is 1. The quantitative estimate of drug-likeness (QED) is 0.845. The van der Waals surface area contributed by atoms with Crippen molar-refractivity contribution in [2.24, 2.45) is 0 Å². The molecule has 8 heteroatoms. The molecule has 2 aromatic rings. The van der Waals surface area contributed by atoms with Crippen LogP contribution in [0.3, 0.4) is 0 Å². The first kappa shape index (κ1) is 19.6. The van der Waals surface area contributed by atoms with Crippen LogP contribution in [0.4, 0.5) is 0 Å². The summed E-state index contributed by atoms with van der Waals surface area (Å²) in [6.45, 7) is 4.91. The third-order valence-electron chi connectivity index (χ3n) is 4.99. The van der Waals surface area contributed by atoms with E-state index in [1.54, 1.807) is 10.9 Å². The van der Waals surface area contributed by atoms with E-state index in [1.165, 1.54) is 16.1 Å². The molecule has 1 amide bonds. The first-order chi connectivity index (χ1) is 12.8. The molecule has 3 rings (SSSR count). The highest BCUT2D eigenvalue weighted by molar-refractivity contribution is 7.88. The minimum Gasteiger partial charge on any atom is -0.349 e. The number of carbonyl (C=O) groups excluding carboxylic acids is 1. The molecule has 1 aromatic carbocycles. The minimum atomic E-state index is -3.16. The van der Waals surface area contributed by atoms with Crippen molar-refractivity contribution in [2.75, 3.05) is 19.3 Å². The maximum absolute atomic E-state index is 12.8. The first-order valence-corrected chi connectivity index (χ1v) is 11.0. The van der Waals surface area contributed by atoms with Crippen LogP contribution in [-0.4, -0.2) is 53.8 Å². The van der Waals surface area contributed by atoms with E-state index in [4.69, 9.17) is 0 Å². The number of hydrogen-bond acceptors (Lipinski definition) is 4. The SMILES string of the molecule is CCc1c(C(=O)NC2CCN(S(C)(=O)=O)CC2)cnn1-c1ccc(C)cc1. The molecule has 1 N–H and O–H groups in total. The van der Waals surface area contributed by atoms with Crippen molar-refractivity contribution < 1.29 is 13.2 Å². The van der Waals surface area contributed by atoms with Gasteiger partial charge in [-0.3, -0.25) is 4.79 Å². The Kier molecular flexibility index (Phi) is 5.67. The number of carbonyl (C=O) groups is 1. The zero-order chi connectivity index (χ0) is 19.6. The van der Waals surface area contributed by atoms with E-state index < -0.39 is 10.0 Å². The summed E-state index contributed by atoms with van der Waals surface area (Å²) >= 11 is 0. The van der Waals surface area contributed by atoms with Crippen LogP contribution in [0, 0.1) is 6.92 Å². The first-order valence-electron chi connectivity index (χ1n) is 9.19. The Bertz CT molecular complexity index is 911. The summed E-state index contributed by atoms with van der Waals surface area (Å²) in [6, 6.07) is 7.99. The summed E-state index contributed by atoms with van der Waals surface area (Å²) in [5, 5.41) is 7.46. The molecule has 0 spiro atoms. The van der Waals surface area contributed by atoms with Gasteiger partial charge in [0.15, 0.2) is 0 Å². The van der Waals surface area contributed by atoms with E-state index in [2.05, 4.69) is 10.4 Å². The molecular weight excluding hydrogens is 364 g/mol. The maximum atomic E-state index is 12.8. The fourth-order valence-electron chi connectivity index (χ4n) is 3.41. The normalized spacial score (nSPS) is 16.4. The molecular formula is C19H26N4O3S. The molecule has 2 heterocycles. The van der Waals surface area contributed by atoms with Crippen molar-refractivity contribution >= 4 is 15.9 Å². The van der Waals surface area contributed by atoms with Crippen molar-refractivity contribution in [3.05, 3.63) is 47.3 Å². The molecule has 27 heavy (non-hydrogen) atoms. The van der Waals surface area contributed by atoms with Gasteiger partial charge in [0.05, 0.1) is 29.4 Å². The Morgan fingerprint density at radius 1 is 1.22 bits per heavy atom. The van der Waals surface area contributed by atoms with Crippen molar-refractivity contribution in [1.82, 2.24) is 19.4 Å². The Balaban J connectivity index is 1.72. The van der Waals surface area contributed by atoms with Crippen LogP contribution in [0.25, 0.3) is 5.69 Å². The van der Waals surface area contributed by atoms with Crippen LogP contribution in [0.5, 0.6) is 0 Å². The van der Waals surface area contributed by atoms with Gasteiger partial charge < -0.3 is 5.32 Å². The largest absolute Gasteiger partial charge is 0.349 e. The zero-order valence-corrected chi connectivity index (χ0v) is 16.8. The van der Waals surface area contributed by atoms with E-state index in [-0.39, 0.29) is 11.9 Å². The molecule has 0 saturated carbocycles. The summed E-state index contributed by atoms with van der Waals surface area (Å²) in [7, 11) is -3.16. The van der Waals surface area contributed by atoms with Crippen molar-refractivity contribution in [1.29, 1.82) is 0 Å². The number of aryl methyl sites for hydroxylation is 1. The second kappa shape index (κ2) is 7.82. The molecule has 1 saturated heterocycles. The van der Waals surface area contributed by atoms with Crippen LogP contribution >= 0.6 is 0 Å². The summed E-state index contributed by atoms with van der Waals surface area (Å²) in [4.78, 5) is 12.8. The van der Waals surface area contributed by atoms with Crippen molar-refractivity contribution in [3.63, 3.8) is 0 Å². The average Bonchev–Trinajstić information content (AvgIpc) is 3.06. The predicted molar refractivity (Wildman–Crippen MR) is 105 cm³/mol. The summed E-state index contributed by atoms with van der Waals surface area (Å²) in [6.07, 6.45) is 4.75. The second-order valence-corrected chi connectivity index (χ2v) is 9.00. The summed E-state index contributed by atoms with van der Waals surface area (Å²) in [5.74, 6) is -0.150. The Labute approximate surface area is 160 Å². The lowest BCUT2D eigenvalue weighted by Gasteiger charge is -2.30. The van der Waals surface area contributed by atoms with Crippen LogP contribution in [-0.2, 0) is 16.4 Å². The predicted octanol–water partition coefficient (Wildman–Crippen LogP) is 1.90. The van der Waals surface area contributed by atoms with Gasteiger partial charge >= 0.3 is 0 Å². The van der Waals surface area contributed by atoms with Crippen molar-refractivity contribution in [3.8, 4) is 5.69 Å². The van der Waals surface area contributed by atoms with Gasteiger partial charge in [-0.15, -0.1) is 0 Å². The number of benzene rings is 1. The van der Waals surface area contributed by atoms with Crippen LogP contribution in [0.15, 0.2) is 30.5 Å². The van der Waals surface area contributed by atoms with Gasteiger partial charge in [-0.05, 0) is 38.3 Å². The highest BCUT2D eigenvalue weighted by Crippen LogP contribution is 2.18. The Hall–Kier alpha value is -2.19. The molecule has 0 unspecified atom stereocenters. The zero-order valence-electron chi connectivity index (χ0n) is 16.0. The molecule has 1 aliphatic rings. The van der Waals surface area contributed by atoms with Gasteiger partial charge in [-0.25, -0.2) is 17.4 Å². The molecule has 1 aromatic heterocycles. The number of piperidine rings is 1. The molecule has 7 nitrogen and oxygen atoms in total. The molecule has 1 aliphatic heterocycles.